The summed E-state index contributed by atoms with van der Waals surface area (Å²) in [5.74, 6) is -0.449. The second-order valence-electron chi connectivity index (χ2n) is 4.29. The number of ether oxygens (including phenoxy) is 1. The Kier molecular flexibility index (Phi) is 4.26. The number of hydrogen-bond acceptors (Lipinski definition) is 5. The van der Waals surface area contributed by atoms with E-state index in [-0.39, 0.29) is 18.4 Å². The van der Waals surface area contributed by atoms with Gasteiger partial charge in [0.2, 0.25) is 5.91 Å². The molecule has 0 aliphatic carbocycles. The summed E-state index contributed by atoms with van der Waals surface area (Å²) in [6.45, 7) is 5.70. The van der Waals surface area contributed by atoms with E-state index in [9.17, 15) is 14.7 Å². The molecule has 0 aromatic heterocycles. The highest BCUT2D eigenvalue weighted by atomic mass is 16.5. The van der Waals surface area contributed by atoms with Crippen molar-refractivity contribution in [2.45, 2.75) is 33.2 Å². The second-order valence-corrected chi connectivity index (χ2v) is 4.29. The minimum absolute atomic E-state index is 0.146. The smallest absolute Gasteiger partial charge is 0.325 e. The van der Waals surface area contributed by atoms with Gasteiger partial charge in [-0.1, -0.05) is 13.8 Å². The summed E-state index contributed by atoms with van der Waals surface area (Å²) in [4.78, 5) is 23.8. The van der Waals surface area contributed by atoms with Gasteiger partial charge >= 0.3 is 5.97 Å². The van der Waals surface area contributed by atoms with Crippen molar-refractivity contribution in [3.63, 3.8) is 0 Å². The standard InChI is InChI=1S/C10H18N2O4/c1-6(2)5-16-9(14)8-4-12(7(3)13)10(15)11-8/h6,8,10-11,15H,4-5H2,1-3H3/t8-,10?/m0/s1. The molecule has 6 heteroatoms. The zero-order valence-corrected chi connectivity index (χ0v) is 9.77. The molecule has 0 aromatic rings. The molecule has 92 valence electrons. The van der Waals surface area contributed by atoms with Crippen molar-refractivity contribution in [3.8, 4) is 0 Å². The molecule has 1 aliphatic rings. The molecule has 0 spiro atoms. The van der Waals surface area contributed by atoms with Crippen LogP contribution < -0.4 is 5.32 Å². The number of carbonyl (C=O) groups excluding carboxylic acids is 2. The molecule has 1 unspecified atom stereocenters. The van der Waals surface area contributed by atoms with E-state index in [0.717, 1.165) is 0 Å². The van der Waals surface area contributed by atoms with E-state index in [4.69, 9.17) is 4.74 Å². The van der Waals surface area contributed by atoms with Crippen molar-refractivity contribution >= 4 is 11.9 Å². The lowest BCUT2D eigenvalue weighted by molar-refractivity contribution is -0.146. The highest BCUT2D eigenvalue weighted by Crippen LogP contribution is 2.09. The molecule has 6 nitrogen and oxygen atoms in total. The van der Waals surface area contributed by atoms with Crippen LogP contribution >= 0.6 is 0 Å². The molecule has 16 heavy (non-hydrogen) atoms. The average molecular weight is 230 g/mol. The topological polar surface area (TPSA) is 78.9 Å². The fourth-order valence-electron chi connectivity index (χ4n) is 1.41. The first kappa shape index (κ1) is 12.9. The largest absolute Gasteiger partial charge is 0.464 e. The highest BCUT2D eigenvalue weighted by molar-refractivity contribution is 5.79. The zero-order chi connectivity index (χ0) is 12.3. The Balaban J connectivity index is 2.45. The molecular formula is C10H18N2O4. The molecule has 0 radical (unpaired) electrons. The van der Waals surface area contributed by atoms with Crippen molar-refractivity contribution in [2.24, 2.45) is 5.92 Å². The Morgan fingerprint density at radius 1 is 1.56 bits per heavy atom. The van der Waals surface area contributed by atoms with Crippen LogP contribution in [0.15, 0.2) is 0 Å². The average Bonchev–Trinajstić information content (AvgIpc) is 2.56. The third-order valence-corrected chi connectivity index (χ3v) is 2.27. The molecule has 2 atom stereocenters. The maximum Gasteiger partial charge on any atom is 0.325 e. The summed E-state index contributed by atoms with van der Waals surface area (Å²) >= 11 is 0. The first-order chi connectivity index (χ1) is 7.41. The molecule has 1 heterocycles. The minimum Gasteiger partial charge on any atom is -0.464 e. The van der Waals surface area contributed by atoms with E-state index in [0.29, 0.717) is 6.61 Å². The maximum atomic E-state index is 11.5. The van der Waals surface area contributed by atoms with Gasteiger partial charge in [0.25, 0.3) is 0 Å². The Bertz CT molecular complexity index is 280. The van der Waals surface area contributed by atoms with Crippen LogP contribution in [-0.4, -0.2) is 47.4 Å². The molecule has 0 bridgehead atoms. The second kappa shape index (κ2) is 5.27. The minimum atomic E-state index is -1.10. The van der Waals surface area contributed by atoms with Gasteiger partial charge in [-0.25, -0.2) is 0 Å². The van der Waals surface area contributed by atoms with Gasteiger partial charge in [0.1, 0.15) is 6.04 Å². The lowest BCUT2D eigenvalue weighted by Gasteiger charge is -2.16. The van der Waals surface area contributed by atoms with Crippen molar-refractivity contribution in [3.05, 3.63) is 0 Å². The number of hydrogen-bond donors (Lipinski definition) is 2. The number of amides is 1. The number of aliphatic hydroxyl groups excluding tert-OH is 1. The maximum absolute atomic E-state index is 11.5. The number of rotatable bonds is 3. The first-order valence-corrected chi connectivity index (χ1v) is 5.29. The van der Waals surface area contributed by atoms with Crippen LogP contribution in [0.1, 0.15) is 20.8 Å². The Morgan fingerprint density at radius 3 is 2.62 bits per heavy atom. The Hall–Kier alpha value is -1.14. The highest BCUT2D eigenvalue weighted by Gasteiger charge is 2.36. The van der Waals surface area contributed by atoms with E-state index in [1.807, 2.05) is 13.8 Å². The van der Waals surface area contributed by atoms with E-state index >= 15 is 0 Å². The molecule has 1 saturated heterocycles. The van der Waals surface area contributed by atoms with Crippen molar-refractivity contribution < 1.29 is 19.4 Å². The van der Waals surface area contributed by atoms with Crippen LogP contribution in [0.25, 0.3) is 0 Å². The SMILES string of the molecule is CC(=O)N1C[C@@H](C(=O)OCC(C)C)NC1O. The molecular weight excluding hydrogens is 212 g/mol. The molecule has 1 aliphatic heterocycles. The van der Waals surface area contributed by atoms with Crippen LogP contribution in [0.4, 0.5) is 0 Å². The van der Waals surface area contributed by atoms with Gasteiger partial charge in [0.15, 0.2) is 6.35 Å². The summed E-state index contributed by atoms with van der Waals surface area (Å²) in [7, 11) is 0. The fraction of sp³-hybridized carbons (Fsp3) is 0.800. The monoisotopic (exact) mass is 230 g/mol. The zero-order valence-electron chi connectivity index (χ0n) is 9.77. The van der Waals surface area contributed by atoms with Crippen molar-refractivity contribution in [1.29, 1.82) is 0 Å². The lowest BCUT2D eigenvalue weighted by atomic mass is 10.2. The quantitative estimate of drug-likeness (QED) is 0.626. The summed E-state index contributed by atoms with van der Waals surface area (Å²) < 4.78 is 5.01. The van der Waals surface area contributed by atoms with Gasteiger partial charge in [-0.15, -0.1) is 0 Å². The van der Waals surface area contributed by atoms with Gasteiger partial charge in [0, 0.05) is 6.92 Å². The van der Waals surface area contributed by atoms with Gasteiger partial charge in [-0.2, -0.15) is 0 Å². The summed E-state index contributed by atoms with van der Waals surface area (Å²) in [6, 6.07) is -0.641. The van der Waals surface area contributed by atoms with E-state index in [1.54, 1.807) is 0 Å². The third kappa shape index (κ3) is 3.18. The molecule has 1 amide bonds. The van der Waals surface area contributed by atoms with Crippen LogP contribution in [0, 0.1) is 5.92 Å². The van der Waals surface area contributed by atoms with Gasteiger partial charge < -0.3 is 14.7 Å². The Labute approximate surface area is 94.6 Å². The number of carbonyl (C=O) groups is 2. The summed E-state index contributed by atoms with van der Waals surface area (Å²) in [6.07, 6.45) is -1.10. The predicted octanol–water partition coefficient (Wildman–Crippen LogP) is -0.718. The van der Waals surface area contributed by atoms with Crippen LogP contribution in [0.3, 0.4) is 0 Å². The number of nitrogens with one attached hydrogen (secondary N) is 1. The normalized spacial score (nSPS) is 24.9. The summed E-state index contributed by atoms with van der Waals surface area (Å²) in [5, 5.41) is 12.0. The van der Waals surface area contributed by atoms with Gasteiger partial charge in [-0.05, 0) is 5.92 Å². The Morgan fingerprint density at radius 2 is 2.19 bits per heavy atom. The van der Waals surface area contributed by atoms with Crippen molar-refractivity contribution in [2.75, 3.05) is 13.2 Å². The fourth-order valence-corrected chi connectivity index (χ4v) is 1.41. The predicted molar refractivity (Wildman–Crippen MR) is 56.1 cm³/mol. The van der Waals surface area contributed by atoms with E-state index < -0.39 is 18.4 Å². The molecule has 1 rings (SSSR count). The van der Waals surface area contributed by atoms with E-state index in [2.05, 4.69) is 5.32 Å². The number of aliphatic hydroxyl groups is 1. The van der Waals surface area contributed by atoms with Crippen LogP contribution in [0.5, 0.6) is 0 Å². The number of esters is 1. The summed E-state index contributed by atoms with van der Waals surface area (Å²) in [5.41, 5.74) is 0. The number of nitrogens with zero attached hydrogens (tertiary/aromatic N) is 1. The molecule has 0 saturated carbocycles. The van der Waals surface area contributed by atoms with E-state index in [1.165, 1.54) is 11.8 Å². The molecule has 2 N–H and O–H groups in total. The van der Waals surface area contributed by atoms with Crippen LogP contribution in [0.2, 0.25) is 0 Å². The molecule has 1 fully saturated rings. The third-order valence-electron chi connectivity index (χ3n) is 2.27. The van der Waals surface area contributed by atoms with Gasteiger partial charge in [0.05, 0.1) is 13.2 Å². The van der Waals surface area contributed by atoms with Crippen molar-refractivity contribution in [1.82, 2.24) is 10.2 Å². The van der Waals surface area contributed by atoms with Crippen LogP contribution in [-0.2, 0) is 14.3 Å². The first-order valence-electron chi connectivity index (χ1n) is 5.29. The molecule has 0 aromatic carbocycles. The van der Waals surface area contributed by atoms with Gasteiger partial charge in [-0.3, -0.25) is 14.9 Å². The lowest BCUT2D eigenvalue weighted by Crippen LogP contribution is -2.40.